The van der Waals surface area contributed by atoms with E-state index in [9.17, 15) is 22.4 Å². The second-order valence-electron chi connectivity index (χ2n) is 4.40. The predicted molar refractivity (Wildman–Crippen MR) is 72.1 cm³/mol. The molecule has 1 aromatic carbocycles. The van der Waals surface area contributed by atoms with E-state index >= 15 is 0 Å². The van der Waals surface area contributed by atoms with Gasteiger partial charge in [0.1, 0.15) is 12.4 Å². The molecule has 0 spiro atoms. The summed E-state index contributed by atoms with van der Waals surface area (Å²) in [7, 11) is 1.45. The SMILES string of the molecule is CN(Cc1cc(Br)ccc1F)C(=O)CCOCC(F)(F)F. The van der Waals surface area contributed by atoms with Crippen LogP contribution < -0.4 is 0 Å². The average Bonchev–Trinajstić information content (AvgIpc) is 2.37. The molecule has 21 heavy (non-hydrogen) atoms. The molecule has 0 saturated carbocycles. The van der Waals surface area contributed by atoms with Gasteiger partial charge in [-0.2, -0.15) is 13.2 Å². The number of nitrogens with zero attached hydrogens (tertiary/aromatic N) is 1. The molecule has 0 aliphatic rings. The molecule has 0 radical (unpaired) electrons. The van der Waals surface area contributed by atoms with Crippen LogP contribution in [0.15, 0.2) is 22.7 Å². The normalized spacial score (nSPS) is 11.5. The van der Waals surface area contributed by atoms with Gasteiger partial charge in [0.05, 0.1) is 13.0 Å². The lowest BCUT2D eigenvalue weighted by atomic mass is 10.2. The number of hydrogen-bond donors (Lipinski definition) is 0. The number of carbonyl (C=O) groups excluding carboxylic acids is 1. The third-order valence-electron chi connectivity index (χ3n) is 2.57. The highest BCUT2D eigenvalue weighted by Gasteiger charge is 2.27. The first-order chi connectivity index (χ1) is 9.69. The molecule has 118 valence electrons. The quantitative estimate of drug-likeness (QED) is 0.565. The maximum absolute atomic E-state index is 13.5. The van der Waals surface area contributed by atoms with Gasteiger partial charge in [-0.3, -0.25) is 4.79 Å². The molecular formula is C13H14BrF4NO2. The first-order valence-electron chi connectivity index (χ1n) is 6.01. The van der Waals surface area contributed by atoms with Crippen molar-refractivity contribution in [1.82, 2.24) is 4.90 Å². The fourth-order valence-electron chi connectivity index (χ4n) is 1.55. The molecule has 0 saturated heterocycles. The molecule has 0 fully saturated rings. The van der Waals surface area contributed by atoms with Crippen molar-refractivity contribution in [1.29, 1.82) is 0 Å². The molecule has 0 heterocycles. The van der Waals surface area contributed by atoms with E-state index in [0.717, 1.165) is 0 Å². The standard InChI is InChI=1S/C13H14BrF4NO2/c1-19(7-9-6-10(14)2-3-11(9)15)12(20)4-5-21-8-13(16,17)18/h2-3,6H,4-5,7-8H2,1H3. The highest BCUT2D eigenvalue weighted by atomic mass is 79.9. The second kappa shape index (κ2) is 7.74. The molecule has 8 heteroatoms. The highest BCUT2D eigenvalue weighted by Crippen LogP contribution is 2.17. The van der Waals surface area contributed by atoms with E-state index in [1.807, 2.05) is 0 Å². The lowest BCUT2D eigenvalue weighted by Gasteiger charge is -2.18. The summed E-state index contributed by atoms with van der Waals surface area (Å²) in [6.45, 7) is -1.68. The number of carbonyl (C=O) groups is 1. The topological polar surface area (TPSA) is 29.5 Å². The largest absolute Gasteiger partial charge is 0.411 e. The zero-order chi connectivity index (χ0) is 16.0. The van der Waals surface area contributed by atoms with Gasteiger partial charge in [-0.05, 0) is 18.2 Å². The Morgan fingerprint density at radius 3 is 2.67 bits per heavy atom. The Morgan fingerprint density at radius 2 is 2.05 bits per heavy atom. The summed E-state index contributed by atoms with van der Waals surface area (Å²) in [4.78, 5) is 12.9. The molecule has 0 unspecified atom stereocenters. The van der Waals surface area contributed by atoms with Crippen molar-refractivity contribution in [3.63, 3.8) is 0 Å². The molecule has 1 amide bonds. The molecule has 1 rings (SSSR count). The Balaban J connectivity index is 2.42. The van der Waals surface area contributed by atoms with E-state index in [1.54, 1.807) is 6.07 Å². The third kappa shape index (κ3) is 6.90. The fraction of sp³-hybridized carbons (Fsp3) is 0.462. The third-order valence-corrected chi connectivity index (χ3v) is 3.06. The van der Waals surface area contributed by atoms with Crippen molar-refractivity contribution < 1.29 is 27.1 Å². The monoisotopic (exact) mass is 371 g/mol. The van der Waals surface area contributed by atoms with Crippen LogP contribution in [0.1, 0.15) is 12.0 Å². The Morgan fingerprint density at radius 1 is 1.38 bits per heavy atom. The van der Waals surface area contributed by atoms with E-state index in [1.165, 1.54) is 24.1 Å². The van der Waals surface area contributed by atoms with Crippen molar-refractivity contribution in [3.05, 3.63) is 34.1 Å². The maximum Gasteiger partial charge on any atom is 0.411 e. The van der Waals surface area contributed by atoms with Crippen molar-refractivity contribution in [2.75, 3.05) is 20.3 Å². The Bertz CT molecular complexity index is 494. The first kappa shape index (κ1) is 17.9. The van der Waals surface area contributed by atoms with Crippen LogP contribution in [0, 0.1) is 5.82 Å². The van der Waals surface area contributed by atoms with Gasteiger partial charge in [-0.25, -0.2) is 4.39 Å². The lowest BCUT2D eigenvalue weighted by molar-refractivity contribution is -0.175. The Hall–Kier alpha value is -1.15. The Labute approximate surface area is 128 Å². The van der Waals surface area contributed by atoms with Gasteiger partial charge < -0.3 is 9.64 Å². The summed E-state index contributed by atoms with van der Waals surface area (Å²) in [5, 5.41) is 0. The van der Waals surface area contributed by atoms with Crippen molar-refractivity contribution >= 4 is 21.8 Å². The summed E-state index contributed by atoms with van der Waals surface area (Å²) in [5.41, 5.74) is 0.316. The number of halogens is 5. The first-order valence-corrected chi connectivity index (χ1v) is 6.81. The minimum Gasteiger partial charge on any atom is -0.372 e. The maximum atomic E-state index is 13.5. The van der Waals surface area contributed by atoms with E-state index in [0.29, 0.717) is 10.0 Å². The van der Waals surface area contributed by atoms with Gasteiger partial charge in [0.15, 0.2) is 0 Å². The van der Waals surface area contributed by atoms with Crippen LogP contribution in [0.2, 0.25) is 0 Å². The minimum atomic E-state index is -4.41. The second-order valence-corrected chi connectivity index (χ2v) is 5.32. The molecule has 0 N–H and O–H groups in total. The Kier molecular flexibility index (Phi) is 6.60. The summed E-state index contributed by atoms with van der Waals surface area (Å²) >= 11 is 3.20. The van der Waals surface area contributed by atoms with Crippen molar-refractivity contribution in [2.24, 2.45) is 0 Å². The number of ether oxygens (including phenoxy) is 1. The van der Waals surface area contributed by atoms with E-state index in [4.69, 9.17) is 0 Å². The predicted octanol–water partition coefficient (Wildman–Crippen LogP) is 3.52. The zero-order valence-corrected chi connectivity index (χ0v) is 12.8. The summed E-state index contributed by atoms with van der Waals surface area (Å²) in [6, 6.07) is 4.34. The van der Waals surface area contributed by atoms with Crippen LogP contribution >= 0.6 is 15.9 Å². The smallest absolute Gasteiger partial charge is 0.372 e. The van der Waals surface area contributed by atoms with Gasteiger partial charge in [-0.1, -0.05) is 15.9 Å². The molecular weight excluding hydrogens is 358 g/mol. The average molecular weight is 372 g/mol. The number of alkyl halides is 3. The van der Waals surface area contributed by atoms with Crippen LogP contribution in [-0.4, -0.2) is 37.2 Å². The summed E-state index contributed by atoms with van der Waals surface area (Å²) in [5.74, 6) is -0.872. The van der Waals surface area contributed by atoms with Gasteiger partial charge >= 0.3 is 6.18 Å². The molecule has 0 aliphatic carbocycles. The number of benzene rings is 1. The minimum absolute atomic E-state index is 0.0311. The lowest BCUT2D eigenvalue weighted by Crippen LogP contribution is -2.28. The molecule has 0 aromatic heterocycles. The van der Waals surface area contributed by atoms with Gasteiger partial charge in [0.25, 0.3) is 0 Å². The van der Waals surface area contributed by atoms with E-state index in [-0.39, 0.29) is 19.6 Å². The number of rotatable bonds is 6. The van der Waals surface area contributed by atoms with Crippen molar-refractivity contribution in [2.45, 2.75) is 19.1 Å². The molecule has 3 nitrogen and oxygen atoms in total. The fourth-order valence-corrected chi connectivity index (χ4v) is 1.95. The van der Waals surface area contributed by atoms with Crippen LogP contribution in [0.25, 0.3) is 0 Å². The summed E-state index contributed by atoms with van der Waals surface area (Å²) in [6.07, 6.45) is -4.60. The van der Waals surface area contributed by atoms with Crippen LogP contribution in [-0.2, 0) is 16.1 Å². The zero-order valence-electron chi connectivity index (χ0n) is 11.2. The van der Waals surface area contributed by atoms with Crippen LogP contribution in [0.4, 0.5) is 17.6 Å². The van der Waals surface area contributed by atoms with E-state index in [2.05, 4.69) is 20.7 Å². The molecule has 0 aliphatic heterocycles. The number of amides is 1. The van der Waals surface area contributed by atoms with Crippen molar-refractivity contribution in [3.8, 4) is 0 Å². The number of hydrogen-bond acceptors (Lipinski definition) is 2. The van der Waals surface area contributed by atoms with E-state index < -0.39 is 24.5 Å². The van der Waals surface area contributed by atoms with Gasteiger partial charge in [0.2, 0.25) is 5.91 Å². The van der Waals surface area contributed by atoms with Gasteiger partial charge in [0, 0.05) is 23.6 Å². The summed E-state index contributed by atoms with van der Waals surface area (Å²) < 4.78 is 54.1. The van der Waals surface area contributed by atoms with Crippen LogP contribution in [0.5, 0.6) is 0 Å². The van der Waals surface area contributed by atoms with Crippen LogP contribution in [0.3, 0.4) is 0 Å². The van der Waals surface area contributed by atoms with Gasteiger partial charge in [-0.15, -0.1) is 0 Å². The molecule has 1 aromatic rings. The molecule has 0 atom stereocenters. The molecule has 0 bridgehead atoms. The highest BCUT2D eigenvalue weighted by molar-refractivity contribution is 9.10.